The van der Waals surface area contributed by atoms with Crippen LogP contribution in [-0.2, 0) is 32.6 Å². The maximum Gasteiger partial charge on any atom is 0.244 e. The van der Waals surface area contributed by atoms with E-state index in [-0.39, 0.29) is 18.9 Å². The van der Waals surface area contributed by atoms with Crippen LogP contribution < -0.4 is 9.62 Å². The van der Waals surface area contributed by atoms with Gasteiger partial charge in [-0.15, -0.1) is 0 Å². The van der Waals surface area contributed by atoms with Crippen LogP contribution in [0.15, 0.2) is 66.7 Å². The number of rotatable bonds is 10. The summed E-state index contributed by atoms with van der Waals surface area (Å²) in [6, 6.07) is 18.1. The molecule has 2 amide bonds. The van der Waals surface area contributed by atoms with Gasteiger partial charge in [-0.25, -0.2) is 8.42 Å². The smallest absolute Gasteiger partial charge is 0.244 e. The Morgan fingerprint density at radius 2 is 1.56 bits per heavy atom. The highest BCUT2D eigenvalue weighted by Gasteiger charge is 2.34. The van der Waals surface area contributed by atoms with E-state index in [1.54, 1.807) is 43.3 Å². The maximum absolute atomic E-state index is 14.2. The van der Waals surface area contributed by atoms with E-state index in [1.807, 2.05) is 51.1 Å². The van der Waals surface area contributed by atoms with Crippen molar-refractivity contribution in [2.45, 2.75) is 52.2 Å². The van der Waals surface area contributed by atoms with Crippen LogP contribution in [0.25, 0.3) is 0 Å². The van der Waals surface area contributed by atoms with Crippen LogP contribution in [0.1, 0.15) is 37.5 Å². The summed E-state index contributed by atoms with van der Waals surface area (Å²) in [5.74, 6) is -0.941. The van der Waals surface area contributed by atoms with E-state index < -0.39 is 34.1 Å². The average Bonchev–Trinajstić information content (AvgIpc) is 2.86. The molecule has 0 bridgehead atoms. The van der Waals surface area contributed by atoms with Gasteiger partial charge in [-0.3, -0.25) is 13.9 Å². The zero-order chi connectivity index (χ0) is 30.5. The molecule has 0 aromatic heterocycles. The van der Waals surface area contributed by atoms with E-state index >= 15 is 0 Å². The van der Waals surface area contributed by atoms with Crippen LogP contribution >= 0.6 is 34.8 Å². The van der Waals surface area contributed by atoms with Crippen LogP contribution in [0.5, 0.6) is 0 Å². The lowest BCUT2D eigenvalue weighted by Crippen LogP contribution is -2.56. The zero-order valence-corrected chi connectivity index (χ0v) is 26.7. The van der Waals surface area contributed by atoms with Gasteiger partial charge in [-0.1, -0.05) is 71.2 Å². The molecule has 3 rings (SSSR count). The lowest BCUT2D eigenvalue weighted by Gasteiger charge is -2.35. The Labute approximate surface area is 257 Å². The van der Waals surface area contributed by atoms with E-state index in [9.17, 15) is 18.0 Å². The fourth-order valence-electron chi connectivity index (χ4n) is 4.34. The minimum Gasteiger partial charge on any atom is -0.350 e. The van der Waals surface area contributed by atoms with Gasteiger partial charge in [-0.2, -0.15) is 0 Å². The van der Waals surface area contributed by atoms with Gasteiger partial charge < -0.3 is 10.2 Å². The fourth-order valence-corrected chi connectivity index (χ4v) is 5.79. The van der Waals surface area contributed by atoms with Crippen molar-refractivity contribution < 1.29 is 18.0 Å². The predicted molar refractivity (Wildman–Crippen MR) is 167 cm³/mol. The molecule has 0 saturated heterocycles. The molecule has 41 heavy (non-hydrogen) atoms. The maximum atomic E-state index is 14.2. The molecule has 0 fully saturated rings. The third kappa shape index (κ3) is 9.36. The number of hydrogen-bond acceptors (Lipinski definition) is 4. The molecule has 0 saturated carbocycles. The molecule has 0 radical (unpaired) electrons. The van der Waals surface area contributed by atoms with Gasteiger partial charge >= 0.3 is 0 Å². The molecule has 1 N–H and O–H groups in total. The lowest BCUT2D eigenvalue weighted by atomic mass is 10.0. The monoisotopic (exact) mass is 637 g/mol. The van der Waals surface area contributed by atoms with Crippen LogP contribution in [0.2, 0.25) is 15.1 Å². The molecule has 0 aliphatic rings. The van der Waals surface area contributed by atoms with Crippen molar-refractivity contribution in [1.82, 2.24) is 10.2 Å². The Kier molecular flexibility index (Phi) is 10.7. The molecule has 0 aliphatic carbocycles. The normalized spacial score (nSPS) is 12.5. The minimum atomic E-state index is -3.90. The molecule has 11 heteroatoms. The summed E-state index contributed by atoms with van der Waals surface area (Å²) in [4.78, 5) is 29.3. The number of carbonyl (C=O) groups is 2. The van der Waals surface area contributed by atoms with E-state index in [2.05, 4.69) is 5.32 Å². The summed E-state index contributed by atoms with van der Waals surface area (Å²) in [5.41, 5.74) is 1.78. The molecule has 3 aromatic rings. The molecule has 1 atom stereocenters. The number of benzene rings is 3. The fraction of sp³-hybridized carbons (Fsp3) is 0.333. The number of halogens is 3. The summed E-state index contributed by atoms with van der Waals surface area (Å²) in [6.45, 7) is 6.73. The lowest BCUT2D eigenvalue weighted by molar-refractivity contribution is -0.140. The standard InChI is InChI=1S/C30H34Cl3N3O4S/c1-20-15-23(31)12-14-26(20)36(41(5,39)40)19-28(37)35(18-22-11-13-24(32)25(33)16-22)27(29(38)34-30(2,3)4)17-21-9-7-6-8-10-21/h6-16,27H,17-19H2,1-5H3,(H,34,38)/t27-/m1/s1. The summed E-state index contributed by atoms with van der Waals surface area (Å²) >= 11 is 18.5. The quantitative estimate of drug-likeness (QED) is 0.283. The first-order valence-electron chi connectivity index (χ1n) is 12.9. The second-order valence-electron chi connectivity index (χ2n) is 10.9. The average molecular weight is 639 g/mol. The number of sulfonamides is 1. The van der Waals surface area contributed by atoms with Gasteiger partial charge in [0.25, 0.3) is 0 Å². The van der Waals surface area contributed by atoms with Gasteiger partial charge in [-0.05, 0) is 74.7 Å². The highest BCUT2D eigenvalue weighted by atomic mass is 35.5. The number of anilines is 1. The first kappa shape index (κ1) is 32.7. The van der Waals surface area contributed by atoms with Crippen molar-refractivity contribution in [3.8, 4) is 0 Å². The molecule has 7 nitrogen and oxygen atoms in total. The van der Waals surface area contributed by atoms with Crippen molar-refractivity contribution in [3.63, 3.8) is 0 Å². The van der Waals surface area contributed by atoms with Crippen molar-refractivity contribution >= 4 is 62.3 Å². The summed E-state index contributed by atoms with van der Waals surface area (Å²) in [5, 5.41) is 4.07. The molecule has 0 spiro atoms. The summed E-state index contributed by atoms with van der Waals surface area (Å²) in [7, 11) is -3.90. The van der Waals surface area contributed by atoms with Crippen molar-refractivity contribution in [1.29, 1.82) is 0 Å². The third-order valence-corrected chi connectivity index (χ3v) is 8.31. The van der Waals surface area contributed by atoms with E-state index in [4.69, 9.17) is 34.8 Å². The van der Waals surface area contributed by atoms with Gasteiger partial charge in [0.2, 0.25) is 21.8 Å². The molecular weight excluding hydrogens is 605 g/mol. The van der Waals surface area contributed by atoms with E-state index in [0.29, 0.717) is 31.9 Å². The largest absolute Gasteiger partial charge is 0.350 e. The number of nitrogens with zero attached hydrogens (tertiary/aromatic N) is 2. The van der Waals surface area contributed by atoms with Crippen LogP contribution in [0, 0.1) is 6.92 Å². The van der Waals surface area contributed by atoms with Crippen molar-refractivity contribution in [2.75, 3.05) is 17.1 Å². The summed E-state index contributed by atoms with van der Waals surface area (Å²) in [6.07, 6.45) is 1.24. The van der Waals surface area contributed by atoms with Gasteiger partial charge in [0.1, 0.15) is 12.6 Å². The minimum absolute atomic E-state index is 0.0119. The van der Waals surface area contributed by atoms with Crippen molar-refractivity contribution in [3.05, 3.63) is 98.5 Å². The van der Waals surface area contributed by atoms with E-state index in [1.165, 1.54) is 4.90 Å². The van der Waals surface area contributed by atoms with Crippen LogP contribution in [0.3, 0.4) is 0 Å². The first-order valence-corrected chi connectivity index (χ1v) is 15.9. The second-order valence-corrected chi connectivity index (χ2v) is 14.1. The van der Waals surface area contributed by atoms with Crippen LogP contribution in [0.4, 0.5) is 5.69 Å². The highest BCUT2D eigenvalue weighted by molar-refractivity contribution is 7.92. The number of aryl methyl sites for hydroxylation is 1. The van der Waals surface area contributed by atoms with Gasteiger partial charge in [0, 0.05) is 23.5 Å². The van der Waals surface area contributed by atoms with E-state index in [0.717, 1.165) is 16.1 Å². The number of amides is 2. The molecular formula is C30H34Cl3N3O4S. The van der Waals surface area contributed by atoms with Crippen LogP contribution in [-0.4, -0.2) is 49.5 Å². The Morgan fingerprint density at radius 1 is 0.902 bits per heavy atom. The Balaban J connectivity index is 2.11. The molecule has 0 unspecified atom stereocenters. The first-order chi connectivity index (χ1) is 19.0. The summed E-state index contributed by atoms with van der Waals surface area (Å²) < 4.78 is 27.0. The molecule has 0 aliphatic heterocycles. The predicted octanol–water partition coefficient (Wildman–Crippen LogP) is 6.28. The van der Waals surface area contributed by atoms with Gasteiger partial charge in [0.15, 0.2) is 0 Å². The van der Waals surface area contributed by atoms with Gasteiger partial charge in [0.05, 0.1) is 22.0 Å². The SMILES string of the molecule is Cc1cc(Cl)ccc1N(CC(=O)N(Cc1ccc(Cl)c(Cl)c1)[C@H](Cc1ccccc1)C(=O)NC(C)(C)C)S(C)(=O)=O. The second kappa shape index (κ2) is 13.5. The zero-order valence-electron chi connectivity index (χ0n) is 23.6. The topological polar surface area (TPSA) is 86.8 Å². The third-order valence-electron chi connectivity index (χ3n) is 6.21. The molecule has 3 aromatic carbocycles. The number of hydrogen-bond donors (Lipinski definition) is 1. The Morgan fingerprint density at radius 3 is 2.12 bits per heavy atom. The number of nitrogens with one attached hydrogen (secondary N) is 1. The highest BCUT2D eigenvalue weighted by Crippen LogP contribution is 2.27. The van der Waals surface area contributed by atoms with Crippen molar-refractivity contribution in [2.24, 2.45) is 0 Å². The Bertz CT molecular complexity index is 1510. The number of carbonyl (C=O) groups excluding carboxylic acids is 2. The molecule has 220 valence electrons. The molecule has 0 heterocycles. The Hall–Kier alpha value is -2.78.